The van der Waals surface area contributed by atoms with Crippen LogP contribution in [-0.2, 0) is 15.8 Å². The minimum Gasteiger partial charge on any atom is -0.390 e. The van der Waals surface area contributed by atoms with Crippen molar-refractivity contribution >= 4 is 35.8 Å². The lowest BCUT2D eigenvalue weighted by molar-refractivity contribution is -0.137. The van der Waals surface area contributed by atoms with E-state index in [1.165, 1.54) is 0 Å². The first-order chi connectivity index (χ1) is 15.5. The summed E-state index contributed by atoms with van der Waals surface area (Å²) < 4.78 is 38.5. The molecule has 0 aromatic heterocycles. The molecule has 0 atom stereocenters. The quantitative estimate of drug-likeness (QED) is 0.334. The van der Waals surface area contributed by atoms with Crippen LogP contribution < -0.4 is 10.6 Å². The van der Waals surface area contributed by atoms with Crippen LogP contribution in [0, 0.1) is 0 Å². The number of halogens is 4. The van der Waals surface area contributed by atoms with Crippen molar-refractivity contribution in [2.24, 2.45) is 5.10 Å². The third-order valence-electron chi connectivity index (χ3n) is 5.23. The van der Waals surface area contributed by atoms with Crippen molar-refractivity contribution < 1.29 is 22.8 Å². The van der Waals surface area contributed by atoms with Gasteiger partial charge in [0.25, 0.3) is 5.91 Å². The van der Waals surface area contributed by atoms with Gasteiger partial charge in [-0.3, -0.25) is 9.59 Å². The third-order valence-corrected chi connectivity index (χ3v) is 5.54. The third kappa shape index (κ3) is 6.84. The summed E-state index contributed by atoms with van der Waals surface area (Å²) in [7, 11) is 3.71. The number of anilines is 1. The molecule has 0 radical (unpaired) electrons. The van der Waals surface area contributed by atoms with Gasteiger partial charge in [-0.15, -0.1) is 0 Å². The molecule has 0 bridgehead atoms. The number of hydrogen-bond acceptors (Lipinski definition) is 6. The molecule has 182 valence electrons. The average Bonchev–Trinajstić information content (AvgIpc) is 2.76. The van der Waals surface area contributed by atoms with Crippen LogP contribution in [0.25, 0.3) is 0 Å². The van der Waals surface area contributed by atoms with Gasteiger partial charge in [-0.1, -0.05) is 18.5 Å². The van der Waals surface area contributed by atoms with Gasteiger partial charge in [0, 0.05) is 45.6 Å². The lowest BCUT2D eigenvalue weighted by Gasteiger charge is -2.36. The second-order valence-electron chi connectivity index (χ2n) is 7.47. The molecule has 1 aliphatic heterocycles. The van der Waals surface area contributed by atoms with E-state index in [2.05, 4.69) is 27.4 Å². The van der Waals surface area contributed by atoms with E-state index >= 15 is 0 Å². The second kappa shape index (κ2) is 11.4. The molecule has 2 rings (SSSR count). The lowest BCUT2D eigenvalue weighted by Crippen LogP contribution is -2.48. The van der Waals surface area contributed by atoms with Crippen molar-refractivity contribution in [2.75, 3.05) is 52.1 Å². The van der Waals surface area contributed by atoms with Crippen LogP contribution >= 0.6 is 11.6 Å². The highest BCUT2D eigenvalue weighted by atomic mass is 35.5. The summed E-state index contributed by atoms with van der Waals surface area (Å²) in [5.41, 5.74) is 0.159. The number of allylic oxidation sites excluding steroid dienone is 1. The molecule has 1 aromatic rings. The van der Waals surface area contributed by atoms with Crippen LogP contribution in [0.15, 0.2) is 34.7 Å². The van der Waals surface area contributed by atoms with Crippen molar-refractivity contribution in [2.45, 2.75) is 19.5 Å². The van der Waals surface area contributed by atoms with E-state index in [-0.39, 0.29) is 10.7 Å². The summed E-state index contributed by atoms with van der Waals surface area (Å²) in [6.45, 7) is 7.61. The summed E-state index contributed by atoms with van der Waals surface area (Å²) >= 11 is 5.90. The van der Waals surface area contributed by atoms with Crippen LogP contribution in [0.1, 0.15) is 18.9 Å². The number of alkyl halides is 3. The van der Waals surface area contributed by atoms with Crippen LogP contribution in [0.4, 0.5) is 18.9 Å². The maximum atomic E-state index is 13.3. The van der Waals surface area contributed by atoms with Gasteiger partial charge < -0.3 is 20.4 Å². The summed E-state index contributed by atoms with van der Waals surface area (Å²) in [6, 6.07) is 2.59. The van der Waals surface area contributed by atoms with E-state index in [1.807, 2.05) is 18.9 Å². The number of nitrogens with one attached hydrogen (secondary N) is 2. The molecule has 12 heteroatoms. The molecule has 1 saturated heterocycles. The first kappa shape index (κ1) is 26.5. The lowest BCUT2D eigenvalue weighted by atomic mass is 10.2. The minimum atomic E-state index is -4.56. The summed E-state index contributed by atoms with van der Waals surface area (Å²) in [5, 5.41) is 9.82. The van der Waals surface area contributed by atoms with Gasteiger partial charge in [0.05, 0.1) is 16.3 Å². The SMILES string of the molecule is C=NN(CC(=O)Nc1ccc(C(F)(F)F)cc1Cl)C(=O)/C(=C(/CC)NC)N1CCN(C)CC1. The van der Waals surface area contributed by atoms with Gasteiger partial charge in [0.15, 0.2) is 0 Å². The van der Waals surface area contributed by atoms with Crippen LogP contribution in [0.5, 0.6) is 0 Å². The maximum Gasteiger partial charge on any atom is 0.416 e. The zero-order valence-corrected chi connectivity index (χ0v) is 19.6. The Morgan fingerprint density at radius 3 is 2.36 bits per heavy atom. The molecule has 1 heterocycles. The maximum absolute atomic E-state index is 13.3. The van der Waals surface area contributed by atoms with Crippen molar-refractivity contribution in [3.63, 3.8) is 0 Å². The number of hydrazone groups is 1. The number of hydrogen-bond donors (Lipinski definition) is 2. The number of rotatable bonds is 8. The Hall–Kier alpha value is -2.79. The summed E-state index contributed by atoms with van der Waals surface area (Å²) in [5.74, 6) is -1.19. The fourth-order valence-corrected chi connectivity index (χ4v) is 3.60. The van der Waals surface area contributed by atoms with Crippen molar-refractivity contribution in [3.8, 4) is 0 Å². The van der Waals surface area contributed by atoms with E-state index in [1.54, 1.807) is 7.05 Å². The Kier molecular flexibility index (Phi) is 9.12. The molecule has 0 aliphatic carbocycles. The Bertz CT molecular complexity index is 908. The Morgan fingerprint density at radius 2 is 1.88 bits per heavy atom. The number of likely N-dealkylation sites (N-methyl/N-ethyl adjacent to an activating group) is 1. The fourth-order valence-electron chi connectivity index (χ4n) is 3.37. The molecule has 1 aromatic carbocycles. The van der Waals surface area contributed by atoms with Crippen LogP contribution in [0.2, 0.25) is 5.02 Å². The Morgan fingerprint density at radius 1 is 1.24 bits per heavy atom. The summed E-state index contributed by atoms with van der Waals surface area (Å²) in [4.78, 5) is 30.0. The number of piperazine rings is 1. The van der Waals surface area contributed by atoms with Crippen LogP contribution in [0.3, 0.4) is 0 Å². The highest BCUT2D eigenvalue weighted by Gasteiger charge is 2.32. The normalized spacial score (nSPS) is 15.5. The molecule has 0 saturated carbocycles. The smallest absolute Gasteiger partial charge is 0.390 e. The van der Waals surface area contributed by atoms with Gasteiger partial charge in [0.2, 0.25) is 5.91 Å². The van der Waals surface area contributed by atoms with Crippen molar-refractivity contribution in [3.05, 3.63) is 40.2 Å². The molecular formula is C21H28ClF3N6O2. The highest BCUT2D eigenvalue weighted by Crippen LogP contribution is 2.33. The molecule has 2 N–H and O–H groups in total. The fraction of sp³-hybridized carbons (Fsp3) is 0.476. The van der Waals surface area contributed by atoms with Gasteiger partial charge in [-0.05, 0) is 31.7 Å². The van der Waals surface area contributed by atoms with Crippen LogP contribution in [-0.4, -0.2) is 80.2 Å². The molecule has 1 fully saturated rings. The van der Waals surface area contributed by atoms with E-state index in [0.717, 1.165) is 36.3 Å². The Balaban J connectivity index is 2.19. The number of carbonyl (C=O) groups excluding carboxylic acids is 2. The largest absolute Gasteiger partial charge is 0.416 e. The minimum absolute atomic E-state index is 0.00886. The monoisotopic (exact) mass is 488 g/mol. The number of amides is 2. The zero-order chi connectivity index (χ0) is 24.8. The molecule has 33 heavy (non-hydrogen) atoms. The molecule has 1 aliphatic rings. The van der Waals surface area contributed by atoms with Gasteiger partial charge >= 0.3 is 6.18 Å². The molecule has 8 nitrogen and oxygen atoms in total. The van der Waals surface area contributed by atoms with Gasteiger partial charge in [-0.25, -0.2) is 5.01 Å². The zero-order valence-electron chi connectivity index (χ0n) is 18.8. The predicted octanol–water partition coefficient (Wildman–Crippen LogP) is 2.83. The van der Waals surface area contributed by atoms with E-state index in [4.69, 9.17) is 11.6 Å². The van der Waals surface area contributed by atoms with E-state index < -0.39 is 30.1 Å². The molecule has 0 spiro atoms. The number of carbonyl (C=O) groups is 2. The summed E-state index contributed by atoms with van der Waals surface area (Å²) in [6.07, 6.45) is -4.00. The first-order valence-electron chi connectivity index (χ1n) is 10.3. The Labute approximate surface area is 196 Å². The molecule has 2 amide bonds. The molecular weight excluding hydrogens is 461 g/mol. The van der Waals surface area contributed by atoms with E-state index in [0.29, 0.717) is 30.9 Å². The van der Waals surface area contributed by atoms with Crippen molar-refractivity contribution in [1.82, 2.24) is 20.1 Å². The second-order valence-corrected chi connectivity index (χ2v) is 7.87. The van der Waals surface area contributed by atoms with Gasteiger partial charge in [0.1, 0.15) is 12.2 Å². The number of nitrogens with zero attached hydrogens (tertiary/aromatic N) is 4. The van der Waals surface area contributed by atoms with Crippen molar-refractivity contribution in [1.29, 1.82) is 0 Å². The topological polar surface area (TPSA) is 80.3 Å². The predicted molar refractivity (Wildman–Crippen MR) is 122 cm³/mol. The van der Waals surface area contributed by atoms with E-state index in [9.17, 15) is 22.8 Å². The average molecular weight is 489 g/mol. The number of benzene rings is 1. The molecule has 0 unspecified atom stereocenters. The first-order valence-corrected chi connectivity index (χ1v) is 10.7. The standard InChI is InChI=1S/C21H28ClF3N6O2/c1-5-16(26-2)19(30-10-8-29(4)9-11-30)20(33)31(27-3)13-18(32)28-17-7-6-14(12-15(17)22)21(23,24)25/h6-7,12,26H,3,5,8-11,13H2,1-2,4H3,(H,28,32)/b19-16+. The van der Waals surface area contributed by atoms with Gasteiger partial charge in [-0.2, -0.15) is 18.3 Å². The highest BCUT2D eigenvalue weighted by molar-refractivity contribution is 6.33.